The fourth-order valence-electron chi connectivity index (χ4n) is 3.27. The highest BCUT2D eigenvalue weighted by Gasteiger charge is 2.28. The van der Waals surface area contributed by atoms with Crippen LogP contribution in [0.5, 0.6) is 0 Å². The molecule has 3 rings (SSSR count). The molecule has 1 aromatic carbocycles. The van der Waals surface area contributed by atoms with Crippen LogP contribution in [0, 0.1) is 11.8 Å². The molecule has 2 unspecified atom stereocenters. The van der Waals surface area contributed by atoms with Gasteiger partial charge >= 0.3 is 0 Å². The minimum absolute atomic E-state index is 0.00530. The predicted octanol–water partition coefficient (Wildman–Crippen LogP) is 4.70. The molecule has 1 amide bonds. The summed E-state index contributed by atoms with van der Waals surface area (Å²) < 4.78 is 0.954. The number of aromatic nitrogens is 1. The van der Waals surface area contributed by atoms with Crippen molar-refractivity contribution < 1.29 is 4.79 Å². The number of nitrogens with one attached hydrogen (secondary N) is 1. The van der Waals surface area contributed by atoms with Gasteiger partial charge < -0.3 is 9.88 Å². The molecule has 21 heavy (non-hydrogen) atoms. The van der Waals surface area contributed by atoms with Crippen LogP contribution in [0.4, 0.5) is 0 Å². The molecular weight excluding hydrogens is 352 g/mol. The zero-order valence-electron chi connectivity index (χ0n) is 12.1. The Morgan fingerprint density at radius 2 is 2.00 bits per heavy atom. The summed E-state index contributed by atoms with van der Waals surface area (Å²) in [5.74, 6) is 1.08. The molecule has 1 saturated heterocycles. The lowest BCUT2D eigenvalue weighted by molar-refractivity contribution is 0.0618. The summed E-state index contributed by atoms with van der Waals surface area (Å²) in [6.45, 7) is 6.00. The summed E-state index contributed by atoms with van der Waals surface area (Å²) in [5, 5.41) is 1.40. The van der Waals surface area contributed by atoms with Crippen LogP contribution in [0.15, 0.2) is 22.7 Å². The van der Waals surface area contributed by atoms with Crippen molar-refractivity contribution in [3.63, 3.8) is 0 Å². The number of carbonyl (C=O) groups is 1. The number of halogens is 2. The number of hydrogen-bond donors (Lipinski definition) is 1. The van der Waals surface area contributed by atoms with Crippen LogP contribution in [-0.2, 0) is 0 Å². The molecule has 0 bridgehead atoms. The molecule has 112 valence electrons. The minimum atomic E-state index is 0.00530. The molecule has 0 saturated carbocycles. The topological polar surface area (TPSA) is 36.1 Å². The van der Waals surface area contributed by atoms with Crippen LogP contribution >= 0.6 is 27.5 Å². The second-order valence-electron chi connectivity index (χ2n) is 6.16. The highest BCUT2D eigenvalue weighted by Crippen LogP contribution is 2.31. The van der Waals surface area contributed by atoms with Crippen molar-refractivity contribution in [1.29, 1.82) is 0 Å². The third-order valence-electron chi connectivity index (χ3n) is 4.07. The SMILES string of the molecule is CC1CC(C)CN(C(=O)c2[nH]c3ccc(Br)cc3c2Cl)C1. The second-order valence-corrected chi connectivity index (χ2v) is 7.45. The molecule has 1 N–H and O–H groups in total. The third-order valence-corrected chi connectivity index (χ3v) is 4.95. The highest BCUT2D eigenvalue weighted by atomic mass is 79.9. The van der Waals surface area contributed by atoms with Gasteiger partial charge in [0.25, 0.3) is 5.91 Å². The molecule has 1 fully saturated rings. The van der Waals surface area contributed by atoms with Gasteiger partial charge in [0.2, 0.25) is 0 Å². The van der Waals surface area contributed by atoms with Gasteiger partial charge in [-0.1, -0.05) is 41.4 Å². The molecule has 0 radical (unpaired) electrons. The first-order valence-corrected chi connectivity index (χ1v) is 8.38. The van der Waals surface area contributed by atoms with Gasteiger partial charge in [0.15, 0.2) is 0 Å². The van der Waals surface area contributed by atoms with Crippen molar-refractivity contribution in [3.05, 3.63) is 33.4 Å². The number of rotatable bonds is 1. The molecule has 2 heterocycles. The van der Waals surface area contributed by atoms with E-state index in [0.717, 1.165) is 28.5 Å². The van der Waals surface area contributed by atoms with Crippen LogP contribution in [0.2, 0.25) is 5.02 Å². The number of H-pyrrole nitrogens is 1. The lowest BCUT2D eigenvalue weighted by Crippen LogP contribution is -2.42. The van der Waals surface area contributed by atoms with E-state index < -0.39 is 0 Å². The van der Waals surface area contributed by atoms with Crippen molar-refractivity contribution in [1.82, 2.24) is 9.88 Å². The standard InChI is InChI=1S/C16H18BrClN2O/c1-9-5-10(2)8-20(7-9)16(21)15-14(18)12-6-11(17)3-4-13(12)19-15/h3-4,6,9-10,19H,5,7-8H2,1-2H3. The van der Waals surface area contributed by atoms with Crippen molar-refractivity contribution in [2.24, 2.45) is 11.8 Å². The minimum Gasteiger partial charge on any atom is -0.349 e. The Hall–Kier alpha value is -1.000. The summed E-state index contributed by atoms with van der Waals surface area (Å²) >= 11 is 9.85. The van der Waals surface area contributed by atoms with E-state index in [1.807, 2.05) is 23.1 Å². The first kappa shape index (κ1) is 14.9. The van der Waals surface area contributed by atoms with Crippen molar-refractivity contribution in [3.8, 4) is 0 Å². The summed E-state index contributed by atoms with van der Waals surface area (Å²) in [6.07, 6.45) is 1.18. The maximum absolute atomic E-state index is 12.8. The van der Waals surface area contributed by atoms with E-state index >= 15 is 0 Å². The number of amides is 1. The number of nitrogens with zero attached hydrogens (tertiary/aromatic N) is 1. The summed E-state index contributed by atoms with van der Waals surface area (Å²) in [4.78, 5) is 17.9. The monoisotopic (exact) mass is 368 g/mol. The normalized spacial score (nSPS) is 22.8. The quantitative estimate of drug-likeness (QED) is 0.777. The Morgan fingerprint density at radius 1 is 1.33 bits per heavy atom. The number of benzene rings is 1. The average Bonchev–Trinajstić information content (AvgIpc) is 2.74. The Balaban J connectivity index is 1.96. The first-order valence-electron chi connectivity index (χ1n) is 7.21. The summed E-state index contributed by atoms with van der Waals surface area (Å²) in [5.41, 5.74) is 1.40. The maximum atomic E-state index is 12.8. The van der Waals surface area contributed by atoms with Crippen LogP contribution < -0.4 is 0 Å². The molecular formula is C16H18BrClN2O. The Labute approximate surface area is 137 Å². The van der Waals surface area contributed by atoms with Gasteiger partial charge in [0.05, 0.1) is 5.02 Å². The zero-order chi connectivity index (χ0) is 15.1. The largest absolute Gasteiger partial charge is 0.349 e. The number of carbonyl (C=O) groups excluding carboxylic acids is 1. The van der Waals surface area contributed by atoms with E-state index in [1.165, 1.54) is 6.42 Å². The van der Waals surface area contributed by atoms with Crippen molar-refractivity contribution >= 4 is 44.3 Å². The molecule has 2 aromatic rings. The fourth-order valence-corrected chi connectivity index (χ4v) is 3.91. The van der Waals surface area contributed by atoms with Gasteiger partial charge in [-0.3, -0.25) is 4.79 Å². The number of aromatic amines is 1. The van der Waals surface area contributed by atoms with Crippen LogP contribution in [0.25, 0.3) is 10.9 Å². The second kappa shape index (κ2) is 5.65. The summed E-state index contributed by atoms with van der Waals surface area (Å²) in [7, 11) is 0. The average molecular weight is 370 g/mol. The van der Waals surface area contributed by atoms with Crippen LogP contribution in [0.1, 0.15) is 30.8 Å². The van der Waals surface area contributed by atoms with Gasteiger partial charge in [0, 0.05) is 28.5 Å². The molecule has 1 aliphatic heterocycles. The predicted molar refractivity (Wildman–Crippen MR) is 89.9 cm³/mol. The van der Waals surface area contributed by atoms with E-state index in [9.17, 15) is 4.79 Å². The van der Waals surface area contributed by atoms with E-state index in [2.05, 4.69) is 34.8 Å². The number of fused-ring (bicyclic) bond motifs is 1. The first-order chi connectivity index (χ1) is 9.95. The Bertz CT molecular complexity index is 687. The summed E-state index contributed by atoms with van der Waals surface area (Å²) in [6, 6.07) is 5.81. The van der Waals surface area contributed by atoms with Gasteiger partial charge in [-0.2, -0.15) is 0 Å². The fraction of sp³-hybridized carbons (Fsp3) is 0.438. The van der Waals surface area contributed by atoms with Gasteiger partial charge in [-0.15, -0.1) is 0 Å². The number of piperidine rings is 1. The van der Waals surface area contributed by atoms with Crippen molar-refractivity contribution in [2.45, 2.75) is 20.3 Å². The van der Waals surface area contributed by atoms with Gasteiger partial charge in [0.1, 0.15) is 5.69 Å². The zero-order valence-corrected chi connectivity index (χ0v) is 14.5. The van der Waals surface area contributed by atoms with E-state index in [0.29, 0.717) is 22.6 Å². The third kappa shape index (κ3) is 2.84. The number of likely N-dealkylation sites (tertiary alicyclic amines) is 1. The van der Waals surface area contributed by atoms with Gasteiger partial charge in [-0.05, 0) is 36.5 Å². The smallest absolute Gasteiger partial charge is 0.271 e. The lowest BCUT2D eigenvalue weighted by atomic mass is 9.92. The molecule has 0 spiro atoms. The highest BCUT2D eigenvalue weighted by molar-refractivity contribution is 9.10. The Kier molecular flexibility index (Phi) is 4.02. The van der Waals surface area contributed by atoms with Gasteiger partial charge in [-0.25, -0.2) is 0 Å². The molecule has 0 aliphatic carbocycles. The Morgan fingerprint density at radius 3 is 2.67 bits per heavy atom. The molecule has 5 heteroatoms. The van der Waals surface area contributed by atoms with Crippen LogP contribution in [0.3, 0.4) is 0 Å². The molecule has 2 atom stereocenters. The lowest BCUT2D eigenvalue weighted by Gasteiger charge is -2.34. The van der Waals surface area contributed by atoms with E-state index in [1.54, 1.807) is 0 Å². The maximum Gasteiger partial charge on any atom is 0.271 e. The van der Waals surface area contributed by atoms with E-state index in [4.69, 9.17) is 11.6 Å². The van der Waals surface area contributed by atoms with Crippen molar-refractivity contribution in [2.75, 3.05) is 13.1 Å². The van der Waals surface area contributed by atoms with E-state index in [-0.39, 0.29) is 5.91 Å². The number of hydrogen-bond acceptors (Lipinski definition) is 1. The molecule has 3 nitrogen and oxygen atoms in total. The van der Waals surface area contributed by atoms with Crippen LogP contribution in [-0.4, -0.2) is 28.9 Å². The molecule has 1 aromatic heterocycles. The molecule has 1 aliphatic rings.